The number of aromatic nitrogens is 4. The molecule has 0 radical (unpaired) electrons. The largest absolute Gasteiger partial charge is 0.325 e. The topological polar surface area (TPSA) is 108 Å². The molecular weight excluding hydrogens is 366 g/mol. The van der Waals surface area contributed by atoms with Crippen LogP contribution in [-0.2, 0) is 0 Å². The van der Waals surface area contributed by atoms with Crippen LogP contribution in [0.15, 0.2) is 73.2 Å². The number of aryl methyl sites for hydroxylation is 1. The lowest BCUT2D eigenvalue weighted by atomic mass is 10.1. The quantitative estimate of drug-likeness (QED) is 0.403. The predicted molar refractivity (Wildman–Crippen MR) is 113 cm³/mol. The molecule has 0 saturated heterocycles. The number of nitrogens with zero attached hydrogens (tertiary/aromatic N) is 3. The molecule has 144 valence electrons. The lowest BCUT2D eigenvalue weighted by Crippen LogP contribution is -2.20. The summed E-state index contributed by atoms with van der Waals surface area (Å²) in [7, 11) is 0. The van der Waals surface area contributed by atoms with Crippen molar-refractivity contribution in [3.8, 4) is 11.1 Å². The fourth-order valence-corrected chi connectivity index (χ4v) is 2.77. The summed E-state index contributed by atoms with van der Waals surface area (Å²) in [6.45, 7) is 1.85. The number of rotatable bonds is 5. The van der Waals surface area contributed by atoms with Gasteiger partial charge in [0, 0.05) is 29.7 Å². The molecule has 1 aromatic carbocycles. The van der Waals surface area contributed by atoms with Crippen LogP contribution in [0.5, 0.6) is 0 Å². The van der Waals surface area contributed by atoms with Gasteiger partial charge in [0.2, 0.25) is 0 Å². The highest BCUT2D eigenvalue weighted by Crippen LogP contribution is 2.26. The van der Waals surface area contributed by atoms with Crippen LogP contribution in [0.25, 0.3) is 11.1 Å². The van der Waals surface area contributed by atoms with Crippen molar-refractivity contribution in [1.29, 1.82) is 0 Å². The number of para-hydroxylation sites is 1. The highest BCUT2D eigenvalue weighted by atomic mass is 16.2. The van der Waals surface area contributed by atoms with Crippen molar-refractivity contribution in [2.75, 3.05) is 16.0 Å². The zero-order chi connectivity index (χ0) is 20.1. The van der Waals surface area contributed by atoms with Gasteiger partial charge in [-0.3, -0.25) is 10.1 Å². The van der Waals surface area contributed by atoms with Gasteiger partial charge in [-0.1, -0.05) is 18.2 Å². The number of pyridine rings is 2. The Morgan fingerprint density at radius 2 is 1.79 bits per heavy atom. The van der Waals surface area contributed by atoms with E-state index in [4.69, 9.17) is 0 Å². The van der Waals surface area contributed by atoms with Crippen molar-refractivity contribution in [1.82, 2.24) is 20.2 Å². The molecule has 3 heterocycles. The van der Waals surface area contributed by atoms with E-state index in [0.717, 1.165) is 28.3 Å². The molecule has 8 heteroatoms. The van der Waals surface area contributed by atoms with Crippen LogP contribution in [-0.4, -0.2) is 26.2 Å². The molecule has 0 saturated carbocycles. The van der Waals surface area contributed by atoms with Gasteiger partial charge < -0.3 is 16.0 Å². The number of urea groups is 1. The summed E-state index contributed by atoms with van der Waals surface area (Å²) in [5.74, 6) is 1.42. The van der Waals surface area contributed by atoms with Crippen molar-refractivity contribution in [2.24, 2.45) is 0 Å². The summed E-state index contributed by atoms with van der Waals surface area (Å²) in [4.78, 5) is 21.1. The number of anilines is 4. The maximum Gasteiger partial charge on any atom is 0.323 e. The summed E-state index contributed by atoms with van der Waals surface area (Å²) in [6, 6.07) is 16.4. The fourth-order valence-electron chi connectivity index (χ4n) is 2.77. The Bertz CT molecular complexity index is 1110. The van der Waals surface area contributed by atoms with Gasteiger partial charge in [0.15, 0.2) is 0 Å². The molecule has 0 spiro atoms. The van der Waals surface area contributed by atoms with Crippen molar-refractivity contribution >= 4 is 29.0 Å². The van der Waals surface area contributed by atoms with Gasteiger partial charge in [0.05, 0.1) is 17.6 Å². The second-order valence-electron chi connectivity index (χ2n) is 6.33. The average molecular weight is 385 g/mol. The smallest absolute Gasteiger partial charge is 0.323 e. The van der Waals surface area contributed by atoms with E-state index < -0.39 is 0 Å². The van der Waals surface area contributed by atoms with Crippen LogP contribution in [0.2, 0.25) is 0 Å². The number of carbonyl (C=O) groups is 1. The minimum atomic E-state index is -0.324. The molecule has 29 heavy (non-hydrogen) atoms. The van der Waals surface area contributed by atoms with Crippen molar-refractivity contribution in [3.63, 3.8) is 0 Å². The van der Waals surface area contributed by atoms with Crippen LogP contribution >= 0.6 is 0 Å². The van der Waals surface area contributed by atoms with Crippen LogP contribution in [0, 0.1) is 6.92 Å². The van der Waals surface area contributed by atoms with Crippen molar-refractivity contribution < 1.29 is 4.79 Å². The number of hydrogen-bond acceptors (Lipinski definition) is 5. The maximum atomic E-state index is 12.3. The number of aromatic amines is 1. The first-order chi connectivity index (χ1) is 14.2. The predicted octanol–water partition coefficient (Wildman–Crippen LogP) is 4.56. The second kappa shape index (κ2) is 8.22. The van der Waals surface area contributed by atoms with Gasteiger partial charge in [-0.25, -0.2) is 9.78 Å². The third-order valence-corrected chi connectivity index (χ3v) is 4.22. The highest BCUT2D eigenvalue weighted by molar-refractivity contribution is 6.00. The summed E-state index contributed by atoms with van der Waals surface area (Å²) < 4.78 is 0. The van der Waals surface area contributed by atoms with Crippen molar-refractivity contribution in [3.05, 3.63) is 78.9 Å². The molecule has 8 nitrogen and oxygen atoms in total. The number of benzene rings is 1. The van der Waals surface area contributed by atoms with Crippen LogP contribution < -0.4 is 16.0 Å². The zero-order valence-corrected chi connectivity index (χ0v) is 15.7. The van der Waals surface area contributed by atoms with Crippen molar-refractivity contribution in [2.45, 2.75) is 6.92 Å². The van der Waals surface area contributed by atoms with E-state index in [1.807, 2.05) is 61.5 Å². The first kappa shape index (κ1) is 18.2. The van der Waals surface area contributed by atoms with E-state index >= 15 is 0 Å². The normalized spacial score (nSPS) is 10.4. The minimum absolute atomic E-state index is 0.324. The molecule has 4 aromatic rings. The maximum absolute atomic E-state index is 12.3. The Hall–Kier alpha value is -4.20. The van der Waals surface area contributed by atoms with E-state index in [9.17, 15) is 4.79 Å². The molecular formula is C21H19N7O. The third kappa shape index (κ3) is 4.56. The lowest BCUT2D eigenvalue weighted by molar-refractivity contribution is 0.262. The van der Waals surface area contributed by atoms with Gasteiger partial charge in [0.25, 0.3) is 0 Å². The molecule has 4 rings (SSSR count). The summed E-state index contributed by atoms with van der Waals surface area (Å²) >= 11 is 0. The van der Waals surface area contributed by atoms with Gasteiger partial charge >= 0.3 is 6.03 Å². The molecule has 0 fully saturated rings. The average Bonchev–Trinajstić information content (AvgIpc) is 3.23. The molecule has 0 aliphatic carbocycles. The van der Waals surface area contributed by atoms with E-state index in [1.165, 1.54) is 0 Å². The monoisotopic (exact) mass is 385 g/mol. The first-order valence-electron chi connectivity index (χ1n) is 9.00. The minimum Gasteiger partial charge on any atom is -0.325 e. The first-order valence-corrected chi connectivity index (χ1v) is 9.00. The Balaban J connectivity index is 1.53. The lowest BCUT2D eigenvalue weighted by Gasteiger charge is -2.12. The molecule has 3 aromatic heterocycles. The number of H-pyrrole nitrogens is 1. The highest BCUT2D eigenvalue weighted by Gasteiger charge is 2.09. The third-order valence-electron chi connectivity index (χ3n) is 4.22. The molecule has 0 bridgehead atoms. The summed E-state index contributed by atoms with van der Waals surface area (Å²) in [5, 5.41) is 15.6. The van der Waals surface area contributed by atoms with Gasteiger partial charge in [0.1, 0.15) is 11.6 Å². The molecule has 0 aliphatic heterocycles. The fraction of sp³-hybridized carbons (Fsp3) is 0.0476. The number of carbonyl (C=O) groups excluding carboxylic acids is 1. The zero-order valence-electron chi connectivity index (χ0n) is 15.7. The second-order valence-corrected chi connectivity index (χ2v) is 6.33. The number of nitrogens with one attached hydrogen (secondary N) is 4. The van der Waals surface area contributed by atoms with E-state index in [-0.39, 0.29) is 6.03 Å². The van der Waals surface area contributed by atoms with E-state index in [1.54, 1.807) is 18.6 Å². The SMILES string of the molecule is Cc1ncc(-c2ccnc(Nc3ccn[nH]3)c2)cc1NC(=O)Nc1ccccc1. The van der Waals surface area contributed by atoms with Crippen LogP contribution in [0.4, 0.5) is 27.8 Å². The Labute approximate surface area is 167 Å². The molecule has 0 aliphatic rings. The molecule has 0 atom stereocenters. The van der Waals surface area contributed by atoms with E-state index in [2.05, 4.69) is 36.1 Å². The van der Waals surface area contributed by atoms with Gasteiger partial charge in [-0.05, 0) is 42.8 Å². The Morgan fingerprint density at radius 1 is 0.931 bits per heavy atom. The van der Waals surface area contributed by atoms with Gasteiger partial charge in [-0.2, -0.15) is 5.10 Å². The summed E-state index contributed by atoms with van der Waals surface area (Å²) in [5.41, 5.74) is 3.86. The van der Waals surface area contributed by atoms with Crippen LogP contribution in [0.1, 0.15) is 5.69 Å². The molecule has 4 N–H and O–H groups in total. The Kier molecular flexibility index (Phi) is 5.15. The number of amides is 2. The molecule has 2 amide bonds. The Morgan fingerprint density at radius 3 is 2.59 bits per heavy atom. The summed E-state index contributed by atoms with van der Waals surface area (Å²) in [6.07, 6.45) is 5.14. The number of hydrogen-bond donors (Lipinski definition) is 4. The van der Waals surface area contributed by atoms with Crippen LogP contribution in [0.3, 0.4) is 0 Å². The van der Waals surface area contributed by atoms with E-state index in [0.29, 0.717) is 11.5 Å². The molecule has 0 unspecified atom stereocenters. The van der Waals surface area contributed by atoms with Gasteiger partial charge in [-0.15, -0.1) is 0 Å². The standard InChI is InChI=1S/C21H19N7O/c1-14-18(26-21(29)25-17-5-3-2-4-6-17)11-16(13-23-14)15-7-9-22-20(12-15)27-19-8-10-24-28-19/h2-13H,1H3,(H2,25,26,29)(H2,22,24,27,28).